The summed E-state index contributed by atoms with van der Waals surface area (Å²) in [5.41, 5.74) is 0. The van der Waals surface area contributed by atoms with Crippen molar-refractivity contribution >= 4 is 12.4 Å². The van der Waals surface area contributed by atoms with Crippen LogP contribution in [0.25, 0.3) is 0 Å². The van der Waals surface area contributed by atoms with Gasteiger partial charge in [-0.25, -0.2) is 0 Å². The summed E-state index contributed by atoms with van der Waals surface area (Å²) in [7, 11) is 0. The largest absolute Gasteiger partial charge is 0.303 e. The summed E-state index contributed by atoms with van der Waals surface area (Å²) in [6.07, 6.45) is 25.7. The molecule has 0 aliphatic rings. The minimum Gasteiger partial charge on any atom is -0.303 e. The zero-order chi connectivity index (χ0) is 18.4. The molecule has 0 rings (SSSR count). The fourth-order valence-electron chi connectivity index (χ4n) is 3.68. The standard InChI is InChI=1S/C24H51N.CH4.ClH/c1-4-7-10-13-16-19-22-25(23-20-17-14-11-8-5-2)24-21-18-15-12-9-6-3;;/h4-24H2,1-3H3;1H4;1H. The van der Waals surface area contributed by atoms with Crippen LogP contribution in [0.15, 0.2) is 0 Å². The monoisotopic (exact) mass is 405 g/mol. The molecule has 0 atom stereocenters. The summed E-state index contributed by atoms with van der Waals surface area (Å²) in [6, 6.07) is 0. The first-order valence-electron chi connectivity index (χ1n) is 12.1. The molecule has 0 aromatic heterocycles. The molecule has 0 aromatic rings. The van der Waals surface area contributed by atoms with Gasteiger partial charge in [0.15, 0.2) is 0 Å². The average Bonchev–Trinajstić information content (AvgIpc) is 2.63. The maximum atomic E-state index is 2.79. The topological polar surface area (TPSA) is 3.24 Å². The van der Waals surface area contributed by atoms with Gasteiger partial charge in [-0.05, 0) is 38.9 Å². The van der Waals surface area contributed by atoms with Gasteiger partial charge in [0.05, 0.1) is 0 Å². The summed E-state index contributed by atoms with van der Waals surface area (Å²) in [5, 5.41) is 0. The summed E-state index contributed by atoms with van der Waals surface area (Å²) in [4.78, 5) is 2.79. The number of hydrogen-bond donors (Lipinski definition) is 0. The van der Waals surface area contributed by atoms with Crippen molar-refractivity contribution < 1.29 is 0 Å². The first kappa shape index (κ1) is 31.9. The average molecular weight is 406 g/mol. The van der Waals surface area contributed by atoms with Crippen LogP contribution in [0.3, 0.4) is 0 Å². The molecule has 0 fully saturated rings. The second-order valence-electron chi connectivity index (χ2n) is 8.14. The smallest absolute Gasteiger partial charge is 0.00187 e. The number of halogens is 1. The van der Waals surface area contributed by atoms with Gasteiger partial charge in [0, 0.05) is 0 Å². The van der Waals surface area contributed by atoms with E-state index in [0.29, 0.717) is 0 Å². The van der Waals surface area contributed by atoms with Gasteiger partial charge in [-0.3, -0.25) is 0 Å². The van der Waals surface area contributed by atoms with Crippen molar-refractivity contribution in [3.8, 4) is 0 Å². The van der Waals surface area contributed by atoms with Crippen LogP contribution < -0.4 is 0 Å². The molecule has 0 radical (unpaired) electrons. The third-order valence-electron chi connectivity index (χ3n) is 5.48. The molecule has 0 saturated carbocycles. The van der Waals surface area contributed by atoms with Crippen molar-refractivity contribution in [3.63, 3.8) is 0 Å². The van der Waals surface area contributed by atoms with Crippen LogP contribution in [0.1, 0.15) is 144 Å². The normalized spacial score (nSPS) is 10.7. The fraction of sp³-hybridized carbons (Fsp3) is 1.00. The Labute approximate surface area is 180 Å². The molecule has 0 bridgehead atoms. The van der Waals surface area contributed by atoms with Crippen molar-refractivity contribution in [2.24, 2.45) is 0 Å². The summed E-state index contributed by atoms with van der Waals surface area (Å²) in [5.74, 6) is 0. The zero-order valence-electron chi connectivity index (χ0n) is 18.7. The van der Waals surface area contributed by atoms with Gasteiger partial charge >= 0.3 is 0 Å². The minimum atomic E-state index is 0. The molecule has 168 valence electrons. The summed E-state index contributed by atoms with van der Waals surface area (Å²) < 4.78 is 0. The Morgan fingerprint density at radius 2 is 0.593 bits per heavy atom. The van der Waals surface area contributed by atoms with E-state index in [1.165, 1.54) is 135 Å². The molecule has 0 unspecified atom stereocenters. The van der Waals surface area contributed by atoms with E-state index < -0.39 is 0 Å². The fourth-order valence-corrected chi connectivity index (χ4v) is 3.68. The molecule has 1 nitrogen and oxygen atoms in total. The van der Waals surface area contributed by atoms with E-state index in [2.05, 4.69) is 25.7 Å². The lowest BCUT2D eigenvalue weighted by Crippen LogP contribution is -2.27. The van der Waals surface area contributed by atoms with Crippen LogP contribution in [-0.4, -0.2) is 24.5 Å². The van der Waals surface area contributed by atoms with Crippen molar-refractivity contribution in [1.82, 2.24) is 4.90 Å². The number of hydrogen-bond acceptors (Lipinski definition) is 1. The molecule has 0 heterocycles. The van der Waals surface area contributed by atoms with Gasteiger partial charge in [0.1, 0.15) is 0 Å². The van der Waals surface area contributed by atoms with Gasteiger partial charge in [-0.2, -0.15) is 0 Å². The second-order valence-corrected chi connectivity index (χ2v) is 8.14. The highest BCUT2D eigenvalue weighted by Gasteiger charge is 2.05. The van der Waals surface area contributed by atoms with Crippen molar-refractivity contribution in [2.75, 3.05) is 19.6 Å². The lowest BCUT2D eigenvalue weighted by Gasteiger charge is -2.22. The SMILES string of the molecule is C.CCCCCCCCN(CCCCCCCC)CCCCCCCC.Cl. The number of nitrogens with zero attached hydrogens (tertiary/aromatic N) is 1. The van der Waals surface area contributed by atoms with E-state index in [1.807, 2.05) is 0 Å². The van der Waals surface area contributed by atoms with Crippen molar-refractivity contribution in [3.05, 3.63) is 0 Å². The Morgan fingerprint density at radius 1 is 0.370 bits per heavy atom. The molecular formula is C25H56ClN. The quantitative estimate of drug-likeness (QED) is 0.172. The zero-order valence-corrected chi connectivity index (χ0v) is 19.5. The number of rotatable bonds is 21. The van der Waals surface area contributed by atoms with Gasteiger partial charge in [0.2, 0.25) is 0 Å². The van der Waals surface area contributed by atoms with Crippen LogP contribution >= 0.6 is 12.4 Å². The van der Waals surface area contributed by atoms with Gasteiger partial charge in [0.25, 0.3) is 0 Å². The van der Waals surface area contributed by atoms with E-state index in [4.69, 9.17) is 0 Å². The van der Waals surface area contributed by atoms with E-state index in [1.54, 1.807) is 0 Å². The molecule has 0 N–H and O–H groups in total. The van der Waals surface area contributed by atoms with Gasteiger partial charge in [-0.15, -0.1) is 12.4 Å². The molecule has 0 spiro atoms. The first-order chi connectivity index (χ1) is 12.3. The van der Waals surface area contributed by atoms with Crippen LogP contribution in [0.2, 0.25) is 0 Å². The van der Waals surface area contributed by atoms with Crippen LogP contribution in [0.5, 0.6) is 0 Å². The second kappa shape index (κ2) is 28.5. The highest BCUT2D eigenvalue weighted by Crippen LogP contribution is 2.11. The van der Waals surface area contributed by atoms with Crippen molar-refractivity contribution in [1.29, 1.82) is 0 Å². The Bertz CT molecular complexity index is 194. The maximum absolute atomic E-state index is 2.79. The molecule has 0 amide bonds. The Hall–Kier alpha value is 0.250. The van der Waals surface area contributed by atoms with Gasteiger partial charge in [-0.1, -0.05) is 125 Å². The minimum absolute atomic E-state index is 0. The molecular weight excluding hydrogens is 350 g/mol. The maximum Gasteiger partial charge on any atom is -0.00187 e. The van der Waals surface area contributed by atoms with E-state index in [9.17, 15) is 0 Å². The predicted octanol–water partition coefficient (Wildman–Crippen LogP) is 9.43. The number of unbranched alkanes of at least 4 members (excludes halogenated alkanes) is 15. The lowest BCUT2D eigenvalue weighted by molar-refractivity contribution is 0.254. The van der Waals surface area contributed by atoms with Crippen molar-refractivity contribution in [2.45, 2.75) is 144 Å². The van der Waals surface area contributed by atoms with Crippen LogP contribution in [0, 0.1) is 0 Å². The molecule has 0 aliphatic carbocycles. The molecule has 27 heavy (non-hydrogen) atoms. The lowest BCUT2D eigenvalue weighted by atomic mass is 10.1. The third kappa shape index (κ3) is 26.2. The van der Waals surface area contributed by atoms with Crippen LogP contribution in [0.4, 0.5) is 0 Å². The summed E-state index contributed by atoms with van der Waals surface area (Å²) >= 11 is 0. The Morgan fingerprint density at radius 3 is 0.852 bits per heavy atom. The molecule has 2 heteroatoms. The Kier molecular flexibility index (Phi) is 33.7. The van der Waals surface area contributed by atoms with E-state index >= 15 is 0 Å². The first-order valence-corrected chi connectivity index (χ1v) is 12.1. The Balaban J connectivity index is -0.00000288. The molecule has 0 aliphatic heterocycles. The van der Waals surface area contributed by atoms with Crippen LogP contribution in [-0.2, 0) is 0 Å². The molecule has 0 saturated heterocycles. The highest BCUT2D eigenvalue weighted by molar-refractivity contribution is 5.85. The summed E-state index contributed by atoms with van der Waals surface area (Å²) in [6.45, 7) is 11.0. The predicted molar refractivity (Wildman–Crippen MR) is 131 cm³/mol. The third-order valence-corrected chi connectivity index (χ3v) is 5.48. The van der Waals surface area contributed by atoms with E-state index in [0.717, 1.165) is 0 Å². The van der Waals surface area contributed by atoms with Gasteiger partial charge < -0.3 is 4.90 Å². The molecule has 0 aromatic carbocycles. The van der Waals surface area contributed by atoms with E-state index in [-0.39, 0.29) is 19.8 Å². The highest BCUT2D eigenvalue weighted by atomic mass is 35.5.